The summed E-state index contributed by atoms with van der Waals surface area (Å²) in [6.45, 7) is 2.42. The van der Waals surface area contributed by atoms with Crippen molar-refractivity contribution < 1.29 is 19.2 Å². The molecule has 2 amide bonds. The Hall–Kier alpha value is -5.77. The van der Waals surface area contributed by atoms with Gasteiger partial charge in [-0.2, -0.15) is 0 Å². The Bertz CT molecular complexity index is 2050. The van der Waals surface area contributed by atoms with E-state index in [1.807, 2.05) is 42.5 Å². The molecular formula is C35H37BrN10O5. The van der Waals surface area contributed by atoms with Crippen molar-refractivity contribution in [3.63, 3.8) is 0 Å². The quantitative estimate of drug-likeness (QED) is 0.0400. The van der Waals surface area contributed by atoms with Crippen molar-refractivity contribution in [2.24, 2.45) is 18.7 Å². The summed E-state index contributed by atoms with van der Waals surface area (Å²) in [6.07, 6.45) is 12.6. The summed E-state index contributed by atoms with van der Waals surface area (Å²) in [4.78, 5) is 56.2. The van der Waals surface area contributed by atoms with E-state index in [1.165, 1.54) is 17.0 Å². The molecule has 1 aromatic carbocycles. The number of unbranched alkanes of at least 4 members (excludes halogenated alkanes) is 2. The van der Waals surface area contributed by atoms with E-state index in [0.717, 1.165) is 35.1 Å². The van der Waals surface area contributed by atoms with E-state index < -0.39 is 10.8 Å². The van der Waals surface area contributed by atoms with E-state index in [1.54, 1.807) is 25.5 Å². The molecule has 0 bridgehead atoms. The number of aromatic nitrogens is 6. The molecule has 16 heteroatoms. The van der Waals surface area contributed by atoms with Crippen molar-refractivity contribution >= 4 is 61.8 Å². The van der Waals surface area contributed by atoms with Gasteiger partial charge in [0.05, 0.1) is 21.9 Å². The number of allylic oxidation sites excluding steroid dienone is 1. The molecule has 1 unspecified atom stereocenters. The summed E-state index contributed by atoms with van der Waals surface area (Å²) in [5, 5.41) is 18.2. The summed E-state index contributed by atoms with van der Waals surface area (Å²) < 4.78 is 8.06. The normalized spacial score (nSPS) is 11.8. The highest BCUT2D eigenvalue weighted by Crippen LogP contribution is 2.31. The van der Waals surface area contributed by atoms with Crippen molar-refractivity contribution in [1.82, 2.24) is 29.5 Å². The van der Waals surface area contributed by atoms with Crippen LogP contribution in [-0.2, 0) is 24.9 Å². The van der Waals surface area contributed by atoms with Crippen LogP contribution in [0.2, 0.25) is 0 Å². The maximum absolute atomic E-state index is 12.7. The molecule has 0 saturated carbocycles. The zero-order valence-electron chi connectivity index (χ0n) is 28.1. The lowest BCUT2D eigenvalue weighted by Gasteiger charge is -2.12. The van der Waals surface area contributed by atoms with Gasteiger partial charge in [-0.1, -0.05) is 31.9 Å². The molecule has 5 aromatic rings. The van der Waals surface area contributed by atoms with Crippen LogP contribution in [0.4, 0.5) is 23.1 Å². The number of ether oxygens (including phenoxy) is 1. The van der Waals surface area contributed by atoms with Crippen LogP contribution in [0.15, 0.2) is 77.8 Å². The molecule has 5 rings (SSSR count). The lowest BCUT2D eigenvalue weighted by Crippen LogP contribution is -2.17. The zero-order chi connectivity index (χ0) is 36.3. The van der Waals surface area contributed by atoms with Gasteiger partial charge < -0.3 is 31.2 Å². The molecule has 264 valence electrons. The first-order chi connectivity index (χ1) is 24.6. The minimum atomic E-state index is -0.803. The monoisotopic (exact) mass is 756 g/mol. The van der Waals surface area contributed by atoms with Gasteiger partial charge in [-0.3, -0.25) is 19.1 Å². The number of hydrogen-bond acceptors (Lipinski definition) is 11. The number of carbonyl (C=O) groups excluding carboxylic acids is 2. The number of benzene rings is 1. The van der Waals surface area contributed by atoms with Crippen molar-refractivity contribution in [3.05, 3.63) is 105 Å². The Morgan fingerprint density at radius 2 is 1.96 bits per heavy atom. The number of fused-ring (bicyclic) bond motifs is 1. The molecule has 0 saturated heterocycles. The standard InChI is InChI=1S/C35H37BrN10O5/c1-22(12-14-28-34(46(49)50)44-35(32(37)48)45(28)2)9-5-3-4-6-11-31(47)43-30-18-25-27(19-39-30)40-21-41-33(25)42-23-13-15-29(26(36)17-23)51-20-24-10-7-8-16-38-24/h6-8,10-11,13,15-19,21-22H,3-5,9,12,14,20H2,1-2H3,(H2,37,48)(H,39,43,47)(H,40,41,42)/b11-6+. The molecule has 4 aromatic heterocycles. The van der Waals surface area contributed by atoms with Gasteiger partial charge in [-0.05, 0) is 99.9 Å². The maximum atomic E-state index is 12.7. The highest BCUT2D eigenvalue weighted by Gasteiger charge is 2.28. The van der Waals surface area contributed by atoms with Crippen LogP contribution in [0, 0.1) is 16.0 Å². The molecule has 0 spiro atoms. The summed E-state index contributed by atoms with van der Waals surface area (Å²) in [5.41, 5.74) is 7.89. The lowest BCUT2D eigenvalue weighted by atomic mass is 9.97. The van der Waals surface area contributed by atoms with Crippen LogP contribution in [0.1, 0.15) is 61.0 Å². The smallest absolute Gasteiger partial charge is 0.385 e. The molecule has 0 aliphatic rings. The number of rotatable bonds is 17. The third-order valence-electron chi connectivity index (χ3n) is 8.12. The topological polar surface area (TPSA) is 206 Å². The zero-order valence-corrected chi connectivity index (χ0v) is 29.7. The Kier molecular flexibility index (Phi) is 12.3. The third-order valence-corrected chi connectivity index (χ3v) is 8.74. The molecule has 51 heavy (non-hydrogen) atoms. The number of hydrogen-bond donors (Lipinski definition) is 3. The fourth-order valence-corrected chi connectivity index (χ4v) is 5.89. The van der Waals surface area contributed by atoms with Gasteiger partial charge >= 0.3 is 17.5 Å². The predicted octanol–water partition coefficient (Wildman–Crippen LogP) is 6.57. The summed E-state index contributed by atoms with van der Waals surface area (Å²) in [7, 11) is 1.56. The molecule has 0 fully saturated rings. The Morgan fingerprint density at radius 1 is 1.12 bits per heavy atom. The van der Waals surface area contributed by atoms with E-state index in [0.29, 0.717) is 65.8 Å². The van der Waals surface area contributed by atoms with Crippen LogP contribution in [0.3, 0.4) is 0 Å². The first kappa shape index (κ1) is 36.5. The second-order valence-corrected chi connectivity index (χ2v) is 12.7. The van der Waals surface area contributed by atoms with Crippen molar-refractivity contribution in [2.45, 2.75) is 52.1 Å². The molecule has 4 heterocycles. The van der Waals surface area contributed by atoms with Gasteiger partial charge in [0, 0.05) is 24.3 Å². The fourth-order valence-electron chi connectivity index (χ4n) is 5.40. The number of pyridine rings is 2. The highest BCUT2D eigenvalue weighted by molar-refractivity contribution is 9.10. The number of nitrogens with zero attached hydrogens (tertiary/aromatic N) is 7. The van der Waals surface area contributed by atoms with Crippen molar-refractivity contribution in [2.75, 3.05) is 10.6 Å². The Morgan fingerprint density at radius 3 is 2.71 bits per heavy atom. The van der Waals surface area contributed by atoms with Crippen LogP contribution >= 0.6 is 15.9 Å². The fraction of sp³-hybridized carbons (Fsp3) is 0.286. The molecule has 15 nitrogen and oxygen atoms in total. The van der Waals surface area contributed by atoms with Gasteiger partial charge in [0.15, 0.2) is 0 Å². The molecular weight excluding hydrogens is 720 g/mol. The second kappa shape index (κ2) is 17.2. The van der Waals surface area contributed by atoms with Crippen LogP contribution < -0.4 is 21.1 Å². The molecule has 4 N–H and O–H groups in total. The van der Waals surface area contributed by atoms with Gasteiger partial charge in [0.25, 0.3) is 0 Å². The molecule has 1 atom stereocenters. The van der Waals surface area contributed by atoms with Crippen LogP contribution in [-0.4, -0.2) is 46.2 Å². The van der Waals surface area contributed by atoms with E-state index in [2.05, 4.69) is 58.4 Å². The molecule has 0 radical (unpaired) electrons. The first-order valence-corrected chi connectivity index (χ1v) is 17.1. The van der Waals surface area contributed by atoms with Gasteiger partial charge in [0.2, 0.25) is 5.91 Å². The molecule has 0 aliphatic carbocycles. The number of amides is 2. The van der Waals surface area contributed by atoms with Crippen molar-refractivity contribution in [3.8, 4) is 5.75 Å². The van der Waals surface area contributed by atoms with Gasteiger partial charge in [0.1, 0.15) is 36.0 Å². The number of nitrogens with one attached hydrogen (secondary N) is 2. The third kappa shape index (κ3) is 9.91. The van der Waals surface area contributed by atoms with E-state index in [4.69, 9.17) is 10.5 Å². The number of carbonyl (C=O) groups is 2. The number of imidazole rings is 1. The van der Waals surface area contributed by atoms with Gasteiger partial charge in [-0.25, -0.2) is 15.0 Å². The highest BCUT2D eigenvalue weighted by atomic mass is 79.9. The van der Waals surface area contributed by atoms with E-state index in [9.17, 15) is 19.7 Å². The van der Waals surface area contributed by atoms with E-state index in [-0.39, 0.29) is 17.5 Å². The minimum Gasteiger partial charge on any atom is -0.486 e. The maximum Gasteiger partial charge on any atom is 0.385 e. The Balaban J connectivity index is 1.08. The number of primary amides is 1. The predicted molar refractivity (Wildman–Crippen MR) is 195 cm³/mol. The van der Waals surface area contributed by atoms with Gasteiger partial charge in [-0.15, -0.1) is 0 Å². The van der Waals surface area contributed by atoms with Crippen molar-refractivity contribution in [1.29, 1.82) is 0 Å². The summed E-state index contributed by atoms with van der Waals surface area (Å²) in [5.74, 6) is 0.314. The van der Waals surface area contributed by atoms with Crippen LogP contribution in [0.5, 0.6) is 5.75 Å². The van der Waals surface area contributed by atoms with Crippen LogP contribution in [0.25, 0.3) is 10.9 Å². The number of nitrogens with two attached hydrogens (primary N) is 1. The number of nitro groups is 1. The van der Waals surface area contributed by atoms with E-state index >= 15 is 0 Å². The SMILES string of the molecule is CC(CCCC/C=C/C(=O)Nc1cc2c(Nc3ccc(OCc4ccccn4)c(Br)c3)ncnc2cn1)CCc1c([N+](=O)[O-])nc(C(N)=O)n1C. The first-order valence-electron chi connectivity index (χ1n) is 16.3. The number of halogens is 1. The summed E-state index contributed by atoms with van der Waals surface area (Å²) >= 11 is 3.57. The minimum absolute atomic E-state index is 0.123. The number of anilines is 3. The Labute approximate surface area is 302 Å². The average Bonchev–Trinajstić information content (AvgIpc) is 3.45. The molecule has 0 aliphatic heterocycles. The largest absolute Gasteiger partial charge is 0.486 e. The summed E-state index contributed by atoms with van der Waals surface area (Å²) in [6, 6.07) is 13.0. The average molecular weight is 758 g/mol. The second-order valence-electron chi connectivity index (χ2n) is 11.9. The lowest BCUT2D eigenvalue weighted by molar-refractivity contribution is -0.390.